The van der Waals surface area contributed by atoms with Gasteiger partial charge in [-0.05, 0) is 56.5 Å². The van der Waals surface area contributed by atoms with Crippen molar-refractivity contribution >= 4 is 28.4 Å². The van der Waals surface area contributed by atoms with Crippen molar-refractivity contribution in [3.05, 3.63) is 52.2 Å². The SMILES string of the molecule is CNc1cc(-c2cc3cnc(NC(=O)N4CCC4)cc3n(C(C)C)c2=O)c(C)cc1F. The summed E-state index contributed by atoms with van der Waals surface area (Å²) >= 11 is 0. The van der Waals surface area contributed by atoms with Crippen molar-refractivity contribution < 1.29 is 9.18 Å². The van der Waals surface area contributed by atoms with Gasteiger partial charge in [0.25, 0.3) is 5.56 Å². The number of carbonyl (C=O) groups excluding carboxylic acids is 1. The van der Waals surface area contributed by atoms with Gasteiger partial charge < -0.3 is 14.8 Å². The molecule has 4 rings (SSSR count). The topological polar surface area (TPSA) is 79.3 Å². The van der Waals surface area contributed by atoms with Gasteiger partial charge in [-0.3, -0.25) is 10.1 Å². The molecule has 0 saturated carbocycles. The summed E-state index contributed by atoms with van der Waals surface area (Å²) < 4.78 is 15.8. The van der Waals surface area contributed by atoms with Crippen LogP contribution in [0.5, 0.6) is 0 Å². The third-order valence-electron chi connectivity index (χ3n) is 5.69. The number of benzene rings is 1. The number of hydrogen-bond donors (Lipinski definition) is 2. The summed E-state index contributed by atoms with van der Waals surface area (Å²) in [6.07, 6.45) is 2.66. The fourth-order valence-electron chi connectivity index (χ4n) is 3.87. The summed E-state index contributed by atoms with van der Waals surface area (Å²) in [6, 6.07) is 6.29. The molecule has 3 aromatic rings. The molecule has 2 N–H and O–H groups in total. The molecule has 8 heteroatoms. The maximum Gasteiger partial charge on any atom is 0.323 e. The molecule has 1 saturated heterocycles. The van der Waals surface area contributed by atoms with Gasteiger partial charge in [0.2, 0.25) is 0 Å². The highest BCUT2D eigenvalue weighted by Gasteiger charge is 2.21. The number of nitrogens with zero attached hydrogens (tertiary/aromatic N) is 3. The van der Waals surface area contributed by atoms with Crippen molar-refractivity contribution in [2.75, 3.05) is 30.8 Å². The van der Waals surface area contributed by atoms with Gasteiger partial charge in [-0.25, -0.2) is 14.2 Å². The number of carbonyl (C=O) groups is 1. The Bertz CT molecular complexity index is 1230. The van der Waals surface area contributed by atoms with E-state index in [1.54, 1.807) is 47.8 Å². The molecule has 2 aromatic heterocycles. The number of aromatic nitrogens is 2. The largest absolute Gasteiger partial charge is 0.386 e. The van der Waals surface area contributed by atoms with Crippen LogP contribution in [0.15, 0.2) is 35.3 Å². The highest BCUT2D eigenvalue weighted by Crippen LogP contribution is 2.30. The molecule has 1 aliphatic rings. The van der Waals surface area contributed by atoms with Gasteiger partial charge in [0.15, 0.2) is 0 Å². The maximum absolute atomic E-state index is 14.1. The van der Waals surface area contributed by atoms with E-state index in [-0.39, 0.29) is 23.4 Å². The molecule has 0 radical (unpaired) electrons. The van der Waals surface area contributed by atoms with Crippen LogP contribution in [-0.4, -0.2) is 40.6 Å². The molecule has 1 aromatic carbocycles. The van der Waals surface area contributed by atoms with E-state index >= 15 is 0 Å². The monoisotopic (exact) mass is 423 g/mol. The summed E-state index contributed by atoms with van der Waals surface area (Å²) in [5, 5.41) is 6.40. The van der Waals surface area contributed by atoms with Crippen LogP contribution in [0.4, 0.5) is 20.7 Å². The van der Waals surface area contributed by atoms with Crippen LogP contribution in [0.3, 0.4) is 0 Å². The van der Waals surface area contributed by atoms with Crippen molar-refractivity contribution in [2.24, 2.45) is 0 Å². The Hall–Kier alpha value is -3.42. The Balaban J connectivity index is 1.86. The number of fused-ring (bicyclic) bond motifs is 1. The van der Waals surface area contributed by atoms with Crippen molar-refractivity contribution in [1.82, 2.24) is 14.5 Å². The van der Waals surface area contributed by atoms with Gasteiger partial charge in [0.05, 0.1) is 11.2 Å². The predicted octanol–water partition coefficient (Wildman–Crippen LogP) is 4.37. The molecule has 1 fully saturated rings. The predicted molar refractivity (Wildman–Crippen MR) is 121 cm³/mol. The lowest BCUT2D eigenvalue weighted by Gasteiger charge is -2.30. The normalized spacial score (nSPS) is 13.4. The number of pyridine rings is 2. The molecular formula is C23H26FN5O2. The van der Waals surface area contributed by atoms with Crippen molar-refractivity contribution in [3.63, 3.8) is 0 Å². The molecule has 7 nitrogen and oxygen atoms in total. The first-order valence-electron chi connectivity index (χ1n) is 10.4. The van der Waals surface area contributed by atoms with Crippen LogP contribution in [0, 0.1) is 12.7 Å². The second-order valence-corrected chi connectivity index (χ2v) is 8.12. The lowest BCUT2D eigenvalue weighted by molar-refractivity contribution is 0.181. The van der Waals surface area contributed by atoms with Crippen LogP contribution in [0.1, 0.15) is 31.9 Å². The van der Waals surface area contributed by atoms with Crippen LogP contribution in [0.2, 0.25) is 0 Å². The molecule has 31 heavy (non-hydrogen) atoms. The highest BCUT2D eigenvalue weighted by atomic mass is 19.1. The first-order valence-corrected chi connectivity index (χ1v) is 10.4. The molecular weight excluding hydrogens is 397 g/mol. The van der Waals surface area contributed by atoms with E-state index in [0.717, 1.165) is 24.9 Å². The molecule has 2 amide bonds. The molecule has 0 atom stereocenters. The summed E-state index contributed by atoms with van der Waals surface area (Å²) in [7, 11) is 1.64. The Morgan fingerprint density at radius 2 is 1.90 bits per heavy atom. The number of aryl methyl sites for hydroxylation is 1. The van der Waals surface area contributed by atoms with Crippen LogP contribution < -0.4 is 16.2 Å². The number of amides is 2. The summed E-state index contributed by atoms with van der Waals surface area (Å²) in [5.41, 5.74) is 2.67. The summed E-state index contributed by atoms with van der Waals surface area (Å²) in [6.45, 7) is 7.13. The molecule has 162 valence electrons. The fraction of sp³-hybridized carbons (Fsp3) is 0.348. The minimum Gasteiger partial charge on any atom is -0.386 e. The van der Waals surface area contributed by atoms with Gasteiger partial charge in [-0.2, -0.15) is 0 Å². The Kier molecular flexibility index (Phi) is 5.39. The number of anilines is 2. The number of halogens is 1. The maximum atomic E-state index is 14.1. The highest BCUT2D eigenvalue weighted by molar-refractivity contribution is 5.92. The second kappa shape index (κ2) is 8.02. The van der Waals surface area contributed by atoms with Crippen LogP contribution in [-0.2, 0) is 0 Å². The van der Waals surface area contributed by atoms with Crippen LogP contribution in [0.25, 0.3) is 22.0 Å². The number of likely N-dealkylation sites (tertiary alicyclic amines) is 1. The van der Waals surface area contributed by atoms with E-state index in [2.05, 4.69) is 15.6 Å². The Morgan fingerprint density at radius 3 is 2.52 bits per heavy atom. The van der Waals surface area contributed by atoms with Gasteiger partial charge >= 0.3 is 6.03 Å². The Labute approximate surface area is 179 Å². The third kappa shape index (κ3) is 3.73. The average molecular weight is 423 g/mol. The van der Waals surface area contributed by atoms with Gasteiger partial charge in [0.1, 0.15) is 11.6 Å². The molecule has 0 aliphatic carbocycles. The molecule has 0 unspecified atom stereocenters. The quantitative estimate of drug-likeness (QED) is 0.653. The third-order valence-corrected chi connectivity index (χ3v) is 5.69. The summed E-state index contributed by atoms with van der Waals surface area (Å²) in [4.78, 5) is 31.8. The zero-order valence-electron chi connectivity index (χ0n) is 18.1. The van der Waals surface area contributed by atoms with E-state index < -0.39 is 0 Å². The molecule has 0 spiro atoms. The zero-order valence-corrected chi connectivity index (χ0v) is 18.1. The fourth-order valence-corrected chi connectivity index (χ4v) is 3.87. The first kappa shape index (κ1) is 20.8. The van der Waals surface area contributed by atoms with Crippen molar-refractivity contribution in [1.29, 1.82) is 0 Å². The van der Waals surface area contributed by atoms with E-state index in [0.29, 0.717) is 33.7 Å². The van der Waals surface area contributed by atoms with E-state index in [4.69, 9.17) is 0 Å². The summed E-state index contributed by atoms with van der Waals surface area (Å²) in [5.74, 6) is 0.0411. The van der Waals surface area contributed by atoms with E-state index in [9.17, 15) is 14.0 Å². The minimum absolute atomic E-state index is 0.124. The smallest absolute Gasteiger partial charge is 0.323 e. The van der Waals surface area contributed by atoms with Gasteiger partial charge in [-0.15, -0.1) is 0 Å². The Morgan fingerprint density at radius 1 is 1.16 bits per heavy atom. The number of hydrogen-bond acceptors (Lipinski definition) is 4. The van der Waals surface area contributed by atoms with E-state index in [1.165, 1.54) is 6.07 Å². The van der Waals surface area contributed by atoms with Crippen LogP contribution >= 0.6 is 0 Å². The van der Waals surface area contributed by atoms with E-state index in [1.807, 2.05) is 13.8 Å². The standard InChI is InChI=1S/C23H26FN5O2/c1-13(2)29-20-11-21(27-23(31)28-6-5-7-28)26-12-15(20)9-17(22(29)30)16-10-19(25-4)18(24)8-14(16)3/h8-13,25H,5-7H2,1-4H3,(H,26,27,31). The zero-order chi connectivity index (χ0) is 22.3. The average Bonchev–Trinajstić information content (AvgIpc) is 2.66. The van der Waals surface area contributed by atoms with Crippen molar-refractivity contribution in [2.45, 2.75) is 33.2 Å². The number of rotatable bonds is 4. The molecule has 3 heterocycles. The second-order valence-electron chi connectivity index (χ2n) is 8.12. The van der Waals surface area contributed by atoms with Gasteiger partial charge in [0, 0.05) is 49.4 Å². The number of nitrogens with one attached hydrogen (secondary N) is 2. The lowest BCUT2D eigenvalue weighted by atomic mass is 9.99. The molecule has 0 bridgehead atoms. The number of urea groups is 1. The molecule has 1 aliphatic heterocycles. The minimum atomic E-state index is -0.363. The first-order chi connectivity index (χ1) is 14.8. The lowest BCUT2D eigenvalue weighted by Crippen LogP contribution is -2.44. The van der Waals surface area contributed by atoms with Crippen molar-refractivity contribution in [3.8, 4) is 11.1 Å². The van der Waals surface area contributed by atoms with Gasteiger partial charge in [-0.1, -0.05) is 0 Å².